The molecule has 16 heavy (non-hydrogen) atoms. The number of ether oxygens (including phenoxy) is 1. The number of carbonyl (C=O) groups is 2. The van der Waals surface area contributed by atoms with Crippen LogP contribution in [0.3, 0.4) is 0 Å². The highest BCUT2D eigenvalue weighted by Crippen LogP contribution is 2.32. The van der Waals surface area contributed by atoms with Gasteiger partial charge in [-0.05, 0) is 19.1 Å². The van der Waals surface area contributed by atoms with Gasteiger partial charge >= 0.3 is 0 Å². The van der Waals surface area contributed by atoms with Crippen LogP contribution >= 0.6 is 0 Å². The molecule has 0 aromatic heterocycles. The summed E-state index contributed by atoms with van der Waals surface area (Å²) in [4.78, 5) is 23.9. The summed E-state index contributed by atoms with van der Waals surface area (Å²) in [7, 11) is 0. The molecule has 84 valence electrons. The predicted molar refractivity (Wildman–Crippen MR) is 54.9 cm³/mol. The highest BCUT2D eigenvalue weighted by Gasteiger charge is 2.26. The Kier molecular flexibility index (Phi) is 2.60. The van der Waals surface area contributed by atoms with Gasteiger partial charge in [-0.3, -0.25) is 14.5 Å². The van der Waals surface area contributed by atoms with Crippen LogP contribution in [0, 0.1) is 5.82 Å². The van der Waals surface area contributed by atoms with E-state index in [1.54, 1.807) is 0 Å². The van der Waals surface area contributed by atoms with E-state index in [0.29, 0.717) is 11.4 Å². The molecule has 0 saturated heterocycles. The summed E-state index contributed by atoms with van der Waals surface area (Å²) in [5.41, 5.74) is 0.438. The van der Waals surface area contributed by atoms with Gasteiger partial charge in [0.05, 0.1) is 12.2 Å². The smallest absolute Gasteiger partial charge is 0.265 e. The standard InChI is InChI=1S/C11H10FNO3/c1-7(14)5-13-9-3-2-8(12)4-10(9)16-6-11(13)15/h2-4H,5-6H2,1H3. The van der Waals surface area contributed by atoms with Crippen molar-refractivity contribution in [2.24, 2.45) is 0 Å². The van der Waals surface area contributed by atoms with Gasteiger partial charge in [0.2, 0.25) is 0 Å². The molecule has 0 fully saturated rings. The first-order chi connectivity index (χ1) is 7.58. The van der Waals surface area contributed by atoms with E-state index >= 15 is 0 Å². The Bertz CT molecular complexity index is 459. The number of rotatable bonds is 2. The lowest BCUT2D eigenvalue weighted by Gasteiger charge is -2.28. The largest absolute Gasteiger partial charge is 0.481 e. The van der Waals surface area contributed by atoms with Crippen LogP contribution in [-0.4, -0.2) is 24.8 Å². The monoisotopic (exact) mass is 223 g/mol. The van der Waals surface area contributed by atoms with Gasteiger partial charge < -0.3 is 4.74 Å². The maximum absolute atomic E-state index is 12.9. The molecule has 1 amide bonds. The number of hydrogen-bond acceptors (Lipinski definition) is 3. The molecule has 4 nitrogen and oxygen atoms in total. The molecular formula is C11H10FNO3. The summed E-state index contributed by atoms with van der Waals surface area (Å²) in [5, 5.41) is 0. The predicted octanol–water partition coefficient (Wildman–Crippen LogP) is 1.14. The van der Waals surface area contributed by atoms with Crippen molar-refractivity contribution in [2.45, 2.75) is 6.92 Å². The van der Waals surface area contributed by atoms with Gasteiger partial charge in [-0.1, -0.05) is 0 Å². The minimum Gasteiger partial charge on any atom is -0.481 e. The number of halogens is 1. The third-order valence-corrected chi connectivity index (χ3v) is 2.25. The van der Waals surface area contributed by atoms with E-state index in [1.807, 2.05) is 0 Å². The zero-order valence-electron chi connectivity index (χ0n) is 8.70. The Labute approximate surface area is 91.6 Å². The van der Waals surface area contributed by atoms with E-state index in [4.69, 9.17) is 4.74 Å². The number of fused-ring (bicyclic) bond motifs is 1. The number of anilines is 1. The van der Waals surface area contributed by atoms with Crippen LogP contribution in [0.5, 0.6) is 5.75 Å². The number of amides is 1. The third-order valence-electron chi connectivity index (χ3n) is 2.25. The fourth-order valence-corrected chi connectivity index (χ4v) is 1.57. The summed E-state index contributed by atoms with van der Waals surface area (Å²) in [5.74, 6) is -0.573. The SMILES string of the molecule is CC(=O)CN1C(=O)COc2cc(F)ccc21. The molecule has 0 radical (unpaired) electrons. The van der Waals surface area contributed by atoms with Crippen LogP contribution in [0.1, 0.15) is 6.92 Å². The van der Waals surface area contributed by atoms with Crippen LogP contribution < -0.4 is 9.64 Å². The van der Waals surface area contributed by atoms with Gasteiger partial charge in [-0.15, -0.1) is 0 Å². The molecule has 0 bridgehead atoms. The van der Waals surface area contributed by atoms with Crippen molar-refractivity contribution in [3.63, 3.8) is 0 Å². The Morgan fingerprint density at radius 3 is 3.00 bits per heavy atom. The molecule has 2 rings (SSSR count). The molecule has 1 aromatic carbocycles. The second kappa shape index (κ2) is 3.92. The fraction of sp³-hybridized carbons (Fsp3) is 0.273. The zero-order chi connectivity index (χ0) is 11.7. The molecule has 0 saturated carbocycles. The minimum absolute atomic E-state index is 0.0131. The molecule has 0 spiro atoms. The molecule has 5 heteroatoms. The number of benzene rings is 1. The third kappa shape index (κ3) is 1.88. The molecule has 1 heterocycles. The number of Topliss-reactive ketones (excluding diaryl/α,β-unsaturated/α-hetero) is 1. The van der Waals surface area contributed by atoms with Gasteiger partial charge in [-0.2, -0.15) is 0 Å². The Hall–Kier alpha value is -1.91. The maximum Gasteiger partial charge on any atom is 0.265 e. The number of ketones is 1. The van der Waals surface area contributed by atoms with Gasteiger partial charge in [0.1, 0.15) is 17.3 Å². The Morgan fingerprint density at radius 1 is 1.56 bits per heavy atom. The summed E-state index contributed by atoms with van der Waals surface area (Å²) < 4.78 is 18.0. The van der Waals surface area contributed by atoms with Crippen molar-refractivity contribution < 1.29 is 18.7 Å². The van der Waals surface area contributed by atoms with E-state index in [9.17, 15) is 14.0 Å². The van der Waals surface area contributed by atoms with E-state index in [-0.39, 0.29) is 24.8 Å². The van der Waals surface area contributed by atoms with E-state index in [0.717, 1.165) is 0 Å². The van der Waals surface area contributed by atoms with Crippen LogP contribution in [-0.2, 0) is 9.59 Å². The first-order valence-corrected chi connectivity index (χ1v) is 4.80. The van der Waals surface area contributed by atoms with Crippen molar-refractivity contribution in [3.05, 3.63) is 24.0 Å². The second-order valence-corrected chi connectivity index (χ2v) is 3.58. The first-order valence-electron chi connectivity index (χ1n) is 4.80. The van der Waals surface area contributed by atoms with Crippen molar-refractivity contribution in [1.82, 2.24) is 0 Å². The minimum atomic E-state index is -0.434. The van der Waals surface area contributed by atoms with Crippen LogP contribution in [0.2, 0.25) is 0 Å². The Balaban J connectivity index is 2.40. The van der Waals surface area contributed by atoms with Crippen molar-refractivity contribution in [2.75, 3.05) is 18.1 Å². The van der Waals surface area contributed by atoms with Crippen molar-refractivity contribution in [1.29, 1.82) is 0 Å². The molecular weight excluding hydrogens is 213 g/mol. The number of hydrogen-bond donors (Lipinski definition) is 0. The van der Waals surface area contributed by atoms with E-state index in [2.05, 4.69) is 0 Å². The molecule has 1 aliphatic heterocycles. The van der Waals surface area contributed by atoms with Crippen molar-refractivity contribution >= 4 is 17.4 Å². The van der Waals surface area contributed by atoms with Crippen LogP contribution in [0.25, 0.3) is 0 Å². The van der Waals surface area contributed by atoms with Gasteiger partial charge in [-0.25, -0.2) is 4.39 Å². The van der Waals surface area contributed by atoms with Crippen LogP contribution in [0.15, 0.2) is 18.2 Å². The topological polar surface area (TPSA) is 46.6 Å². The summed E-state index contributed by atoms with van der Waals surface area (Å²) in [6.45, 7) is 1.22. The fourth-order valence-electron chi connectivity index (χ4n) is 1.57. The molecule has 1 aliphatic rings. The summed E-state index contributed by atoms with van der Waals surface area (Å²) >= 11 is 0. The van der Waals surface area contributed by atoms with Gasteiger partial charge in [0.15, 0.2) is 6.61 Å². The lowest BCUT2D eigenvalue weighted by molar-refractivity contribution is -0.123. The lowest BCUT2D eigenvalue weighted by Crippen LogP contribution is -2.41. The normalized spacial score (nSPS) is 14.4. The highest BCUT2D eigenvalue weighted by atomic mass is 19.1. The van der Waals surface area contributed by atoms with E-state index in [1.165, 1.54) is 30.0 Å². The summed E-state index contributed by atoms with van der Waals surface area (Å²) in [6, 6.07) is 3.87. The summed E-state index contributed by atoms with van der Waals surface area (Å²) in [6.07, 6.45) is 0. The first kappa shape index (κ1) is 10.6. The molecule has 0 N–H and O–H groups in total. The quantitative estimate of drug-likeness (QED) is 0.755. The number of nitrogens with zero attached hydrogens (tertiary/aromatic N) is 1. The van der Waals surface area contributed by atoms with Gasteiger partial charge in [0, 0.05) is 6.07 Å². The average Bonchev–Trinajstić information content (AvgIpc) is 2.22. The highest BCUT2D eigenvalue weighted by molar-refractivity contribution is 6.02. The molecule has 1 aromatic rings. The van der Waals surface area contributed by atoms with Crippen molar-refractivity contribution in [3.8, 4) is 5.75 Å². The Morgan fingerprint density at radius 2 is 2.31 bits per heavy atom. The second-order valence-electron chi connectivity index (χ2n) is 3.58. The maximum atomic E-state index is 12.9. The molecule has 0 unspecified atom stereocenters. The number of carbonyl (C=O) groups excluding carboxylic acids is 2. The van der Waals surface area contributed by atoms with E-state index < -0.39 is 5.82 Å². The lowest BCUT2D eigenvalue weighted by atomic mass is 10.2. The average molecular weight is 223 g/mol. The van der Waals surface area contributed by atoms with Gasteiger partial charge in [0.25, 0.3) is 5.91 Å². The van der Waals surface area contributed by atoms with Crippen LogP contribution in [0.4, 0.5) is 10.1 Å². The molecule has 0 atom stereocenters. The molecule has 0 aliphatic carbocycles. The zero-order valence-corrected chi connectivity index (χ0v) is 8.70.